The SMILES string of the molecule is Fc1ccc(N2CC[NH+](Cc3nc(-c4cccc(Br)c4)no3)CC2)cc1. The summed E-state index contributed by atoms with van der Waals surface area (Å²) < 4.78 is 19.5. The third kappa shape index (κ3) is 3.94. The zero-order chi connectivity index (χ0) is 17.9. The predicted molar refractivity (Wildman–Crippen MR) is 100 cm³/mol. The van der Waals surface area contributed by atoms with Gasteiger partial charge in [-0.1, -0.05) is 33.2 Å². The van der Waals surface area contributed by atoms with Crippen LogP contribution in [-0.4, -0.2) is 36.3 Å². The summed E-state index contributed by atoms with van der Waals surface area (Å²) in [5.41, 5.74) is 2.01. The van der Waals surface area contributed by atoms with Crippen molar-refractivity contribution < 1.29 is 13.8 Å². The molecule has 1 aliphatic rings. The van der Waals surface area contributed by atoms with Crippen molar-refractivity contribution in [1.29, 1.82) is 0 Å². The van der Waals surface area contributed by atoms with Gasteiger partial charge in [0.05, 0.1) is 26.2 Å². The molecule has 0 aliphatic carbocycles. The summed E-state index contributed by atoms with van der Waals surface area (Å²) in [6, 6.07) is 14.6. The van der Waals surface area contributed by atoms with Gasteiger partial charge in [0.15, 0.2) is 6.54 Å². The molecule has 26 heavy (non-hydrogen) atoms. The fraction of sp³-hybridized carbons (Fsp3) is 0.263. The van der Waals surface area contributed by atoms with E-state index in [0.717, 1.165) is 48.4 Å². The summed E-state index contributed by atoms with van der Waals surface area (Å²) in [7, 11) is 0. The topological polar surface area (TPSA) is 46.6 Å². The molecule has 0 radical (unpaired) electrons. The molecule has 0 spiro atoms. The van der Waals surface area contributed by atoms with E-state index in [1.807, 2.05) is 36.4 Å². The smallest absolute Gasteiger partial charge is 0.282 e. The van der Waals surface area contributed by atoms with E-state index in [4.69, 9.17) is 4.52 Å². The molecule has 7 heteroatoms. The molecule has 1 saturated heterocycles. The van der Waals surface area contributed by atoms with Crippen molar-refractivity contribution in [3.05, 3.63) is 64.7 Å². The third-order valence-corrected chi connectivity index (χ3v) is 5.11. The number of benzene rings is 2. The summed E-state index contributed by atoms with van der Waals surface area (Å²) >= 11 is 3.46. The van der Waals surface area contributed by atoms with Gasteiger partial charge in [0.1, 0.15) is 5.82 Å². The molecule has 1 N–H and O–H groups in total. The van der Waals surface area contributed by atoms with Crippen molar-refractivity contribution >= 4 is 21.6 Å². The average molecular weight is 418 g/mol. The second kappa shape index (κ2) is 7.55. The van der Waals surface area contributed by atoms with E-state index in [2.05, 4.69) is 31.0 Å². The highest BCUT2D eigenvalue weighted by molar-refractivity contribution is 9.10. The molecule has 2 aromatic carbocycles. The number of hydrogen-bond acceptors (Lipinski definition) is 4. The first-order valence-corrected chi connectivity index (χ1v) is 9.39. The van der Waals surface area contributed by atoms with Gasteiger partial charge in [0.2, 0.25) is 5.82 Å². The van der Waals surface area contributed by atoms with Crippen LogP contribution in [0, 0.1) is 5.82 Å². The maximum atomic E-state index is 13.1. The van der Waals surface area contributed by atoms with Gasteiger partial charge in [0, 0.05) is 15.7 Å². The Hall–Kier alpha value is -2.25. The summed E-state index contributed by atoms with van der Waals surface area (Å²) in [5, 5.41) is 4.10. The third-order valence-electron chi connectivity index (χ3n) is 4.61. The summed E-state index contributed by atoms with van der Waals surface area (Å²) in [4.78, 5) is 8.22. The standard InChI is InChI=1S/C19H18BrFN4O/c20-15-3-1-2-14(12-15)19-22-18(26-23-19)13-24-8-10-25(11-9-24)17-6-4-16(21)5-7-17/h1-7,12H,8-11,13H2/p+1. The number of piperazine rings is 1. The number of hydrogen-bond donors (Lipinski definition) is 1. The van der Waals surface area contributed by atoms with Gasteiger partial charge < -0.3 is 14.3 Å². The largest absolute Gasteiger partial charge is 0.360 e. The number of aromatic nitrogens is 2. The Labute approximate surface area is 159 Å². The molecular formula is C19H19BrFN4O+. The minimum Gasteiger partial charge on any atom is -0.360 e. The number of nitrogens with zero attached hydrogens (tertiary/aromatic N) is 3. The van der Waals surface area contributed by atoms with Crippen LogP contribution in [0.4, 0.5) is 10.1 Å². The van der Waals surface area contributed by atoms with E-state index in [-0.39, 0.29) is 5.82 Å². The van der Waals surface area contributed by atoms with Crippen LogP contribution in [0.3, 0.4) is 0 Å². The first-order chi connectivity index (χ1) is 12.7. The number of quaternary nitrogens is 1. The molecular weight excluding hydrogens is 399 g/mol. The zero-order valence-corrected chi connectivity index (χ0v) is 15.7. The highest BCUT2D eigenvalue weighted by Crippen LogP contribution is 2.20. The molecule has 1 aromatic heterocycles. The molecule has 134 valence electrons. The van der Waals surface area contributed by atoms with E-state index in [0.29, 0.717) is 11.7 Å². The lowest BCUT2D eigenvalue weighted by Crippen LogP contribution is -3.13. The van der Waals surface area contributed by atoms with Crippen LogP contribution in [0.15, 0.2) is 57.5 Å². The van der Waals surface area contributed by atoms with Crippen LogP contribution >= 0.6 is 15.9 Å². The fourth-order valence-electron chi connectivity index (χ4n) is 3.20. The van der Waals surface area contributed by atoms with Gasteiger partial charge in [0.25, 0.3) is 5.89 Å². The molecule has 0 saturated carbocycles. The number of anilines is 1. The lowest BCUT2D eigenvalue weighted by Gasteiger charge is -2.33. The molecule has 5 nitrogen and oxygen atoms in total. The Bertz CT molecular complexity index is 875. The maximum absolute atomic E-state index is 13.1. The molecule has 0 bridgehead atoms. The van der Waals surface area contributed by atoms with Crippen LogP contribution in [0.25, 0.3) is 11.4 Å². The van der Waals surface area contributed by atoms with Crippen LogP contribution in [0.2, 0.25) is 0 Å². The maximum Gasteiger partial charge on any atom is 0.282 e. The van der Waals surface area contributed by atoms with Crippen molar-refractivity contribution in [3.63, 3.8) is 0 Å². The van der Waals surface area contributed by atoms with Crippen LogP contribution in [0.5, 0.6) is 0 Å². The van der Waals surface area contributed by atoms with Gasteiger partial charge in [-0.25, -0.2) is 4.39 Å². The van der Waals surface area contributed by atoms with Gasteiger partial charge in [-0.15, -0.1) is 0 Å². The van der Waals surface area contributed by atoms with Crippen LogP contribution < -0.4 is 9.80 Å². The highest BCUT2D eigenvalue weighted by Gasteiger charge is 2.22. The highest BCUT2D eigenvalue weighted by atomic mass is 79.9. The molecule has 3 aromatic rings. The number of rotatable bonds is 4. The van der Waals surface area contributed by atoms with E-state index in [1.165, 1.54) is 17.0 Å². The minimum atomic E-state index is -0.198. The number of nitrogens with one attached hydrogen (secondary N) is 1. The van der Waals surface area contributed by atoms with Crippen LogP contribution in [0.1, 0.15) is 5.89 Å². The van der Waals surface area contributed by atoms with Gasteiger partial charge >= 0.3 is 0 Å². The van der Waals surface area contributed by atoms with E-state index in [1.54, 1.807) is 0 Å². The average Bonchev–Trinajstić information content (AvgIpc) is 3.12. The molecule has 2 heterocycles. The Kier molecular flexibility index (Phi) is 4.99. The van der Waals surface area contributed by atoms with Gasteiger partial charge in [-0.05, 0) is 36.4 Å². The first-order valence-electron chi connectivity index (χ1n) is 8.60. The Morgan fingerprint density at radius 1 is 1.12 bits per heavy atom. The van der Waals surface area contributed by atoms with Crippen molar-refractivity contribution in [2.75, 3.05) is 31.1 Å². The lowest BCUT2D eigenvalue weighted by atomic mass is 10.2. The van der Waals surface area contributed by atoms with Crippen LogP contribution in [-0.2, 0) is 6.54 Å². The summed E-state index contributed by atoms with van der Waals surface area (Å²) in [6.45, 7) is 4.53. The van der Waals surface area contributed by atoms with E-state index >= 15 is 0 Å². The predicted octanol–water partition coefficient (Wildman–Crippen LogP) is 2.54. The molecule has 0 unspecified atom stereocenters. The number of halogens is 2. The molecule has 0 amide bonds. The van der Waals surface area contributed by atoms with Crippen molar-refractivity contribution in [1.82, 2.24) is 10.1 Å². The minimum absolute atomic E-state index is 0.198. The molecule has 0 atom stereocenters. The second-order valence-corrected chi connectivity index (χ2v) is 7.33. The Balaban J connectivity index is 1.35. The zero-order valence-electron chi connectivity index (χ0n) is 14.2. The molecule has 1 fully saturated rings. The Morgan fingerprint density at radius 3 is 2.62 bits per heavy atom. The lowest BCUT2D eigenvalue weighted by molar-refractivity contribution is -0.915. The van der Waals surface area contributed by atoms with E-state index < -0.39 is 0 Å². The molecule has 1 aliphatic heterocycles. The van der Waals surface area contributed by atoms with E-state index in [9.17, 15) is 4.39 Å². The first kappa shape index (κ1) is 17.2. The van der Waals surface area contributed by atoms with Gasteiger partial charge in [-0.3, -0.25) is 0 Å². The second-order valence-electron chi connectivity index (χ2n) is 6.41. The quantitative estimate of drug-likeness (QED) is 0.708. The fourth-order valence-corrected chi connectivity index (χ4v) is 3.59. The summed E-state index contributed by atoms with van der Waals surface area (Å²) in [5.74, 6) is 1.08. The van der Waals surface area contributed by atoms with Crippen molar-refractivity contribution in [2.45, 2.75) is 6.54 Å². The summed E-state index contributed by atoms with van der Waals surface area (Å²) in [6.07, 6.45) is 0. The van der Waals surface area contributed by atoms with Gasteiger partial charge in [-0.2, -0.15) is 4.98 Å². The van der Waals surface area contributed by atoms with Crippen molar-refractivity contribution in [2.24, 2.45) is 0 Å². The normalized spacial score (nSPS) is 15.4. The van der Waals surface area contributed by atoms with Crippen molar-refractivity contribution in [3.8, 4) is 11.4 Å². The Morgan fingerprint density at radius 2 is 1.88 bits per heavy atom. The monoisotopic (exact) mass is 417 g/mol. The molecule has 4 rings (SSSR count).